The van der Waals surface area contributed by atoms with E-state index >= 15 is 0 Å². The summed E-state index contributed by atoms with van der Waals surface area (Å²) in [7, 11) is 0. The van der Waals surface area contributed by atoms with Gasteiger partial charge in [0, 0.05) is 34.6 Å². The minimum atomic E-state index is -0.0374. The molecule has 0 atom stereocenters. The Kier molecular flexibility index (Phi) is 5.08. The molecule has 0 saturated heterocycles. The molecular formula is C13H13IN4O. The maximum atomic E-state index is 11.7. The predicted molar refractivity (Wildman–Crippen MR) is 82.9 cm³/mol. The van der Waals surface area contributed by atoms with Crippen LogP contribution in [-0.4, -0.2) is 22.4 Å². The lowest BCUT2D eigenvalue weighted by Gasteiger charge is -2.06. The Morgan fingerprint density at radius 3 is 2.53 bits per heavy atom. The van der Waals surface area contributed by atoms with Gasteiger partial charge >= 0.3 is 0 Å². The molecule has 2 rings (SSSR count). The highest BCUT2D eigenvalue weighted by atomic mass is 127. The van der Waals surface area contributed by atoms with Crippen LogP contribution in [0.1, 0.15) is 6.42 Å². The van der Waals surface area contributed by atoms with E-state index in [1.165, 1.54) is 0 Å². The first kappa shape index (κ1) is 13.7. The molecule has 0 unspecified atom stereocenters. The van der Waals surface area contributed by atoms with E-state index in [0.717, 1.165) is 9.26 Å². The number of amides is 1. The first-order valence-corrected chi connectivity index (χ1v) is 6.88. The number of rotatable bonds is 5. The fourth-order valence-electron chi connectivity index (χ4n) is 1.43. The van der Waals surface area contributed by atoms with Gasteiger partial charge in [0.15, 0.2) is 0 Å². The molecule has 1 heterocycles. The standard InChI is InChI=1S/C13H13IN4O/c14-10-2-4-11(5-3-10)18-12(19)6-9-17-13-15-7-1-8-16-13/h1-5,7-8H,6,9H2,(H,18,19)(H,15,16,17). The highest BCUT2D eigenvalue weighted by Crippen LogP contribution is 2.11. The average Bonchev–Trinajstić information content (AvgIpc) is 2.43. The van der Waals surface area contributed by atoms with Gasteiger partial charge in [0.2, 0.25) is 11.9 Å². The third kappa shape index (κ3) is 4.82. The molecule has 0 spiro atoms. The first-order valence-electron chi connectivity index (χ1n) is 5.80. The zero-order valence-electron chi connectivity index (χ0n) is 10.1. The molecule has 1 aromatic carbocycles. The summed E-state index contributed by atoms with van der Waals surface area (Å²) in [5.74, 6) is 0.495. The molecule has 2 aromatic rings. The molecule has 0 radical (unpaired) electrons. The Bertz CT molecular complexity index is 530. The van der Waals surface area contributed by atoms with Crippen molar-refractivity contribution in [1.29, 1.82) is 0 Å². The lowest BCUT2D eigenvalue weighted by Crippen LogP contribution is -2.16. The second kappa shape index (κ2) is 7.03. The van der Waals surface area contributed by atoms with Crippen molar-refractivity contribution in [1.82, 2.24) is 9.97 Å². The van der Waals surface area contributed by atoms with E-state index in [0.29, 0.717) is 18.9 Å². The van der Waals surface area contributed by atoms with Gasteiger partial charge in [0.25, 0.3) is 0 Å². The maximum absolute atomic E-state index is 11.7. The summed E-state index contributed by atoms with van der Waals surface area (Å²) in [5, 5.41) is 5.82. The molecule has 0 aliphatic heterocycles. The molecule has 1 amide bonds. The van der Waals surface area contributed by atoms with Crippen LogP contribution in [0.15, 0.2) is 42.7 Å². The van der Waals surface area contributed by atoms with Gasteiger partial charge < -0.3 is 10.6 Å². The van der Waals surface area contributed by atoms with Crippen LogP contribution in [0.4, 0.5) is 11.6 Å². The van der Waals surface area contributed by atoms with Crippen LogP contribution in [0.25, 0.3) is 0 Å². The van der Waals surface area contributed by atoms with Crippen molar-refractivity contribution in [2.45, 2.75) is 6.42 Å². The van der Waals surface area contributed by atoms with E-state index in [-0.39, 0.29) is 5.91 Å². The van der Waals surface area contributed by atoms with E-state index in [1.54, 1.807) is 18.5 Å². The summed E-state index contributed by atoms with van der Waals surface area (Å²) in [6, 6.07) is 9.41. The third-order valence-corrected chi connectivity index (χ3v) is 3.05. The normalized spacial score (nSPS) is 9.95. The maximum Gasteiger partial charge on any atom is 0.226 e. The topological polar surface area (TPSA) is 66.9 Å². The van der Waals surface area contributed by atoms with Crippen LogP contribution in [-0.2, 0) is 4.79 Å². The molecule has 19 heavy (non-hydrogen) atoms. The molecule has 6 heteroatoms. The molecule has 1 aromatic heterocycles. The van der Waals surface area contributed by atoms with Crippen molar-refractivity contribution < 1.29 is 4.79 Å². The number of carbonyl (C=O) groups is 1. The van der Waals surface area contributed by atoms with E-state index < -0.39 is 0 Å². The van der Waals surface area contributed by atoms with Gasteiger partial charge in [-0.3, -0.25) is 4.79 Å². The van der Waals surface area contributed by atoms with Crippen molar-refractivity contribution in [3.63, 3.8) is 0 Å². The van der Waals surface area contributed by atoms with Gasteiger partial charge in [-0.15, -0.1) is 0 Å². The fraction of sp³-hybridized carbons (Fsp3) is 0.154. The molecule has 0 bridgehead atoms. The van der Waals surface area contributed by atoms with Gasteiger partial charge in [-0.05, 0) is 52.9 Å². The summed E-state index contributed by atoms with van der Waals surface area (Å²) in [4.78, 5) is 19.7. The van der Waals surface area contributed by atoms with Crippen LogP contribution in [0.5, 0.6) is 0 Å². The second-order valence-corrected chi connectivity index (χ2v) is 5.05. The molecule has 0 saturated carbocycles. The molecule has 2 N–H and O–H groups in total. The number of anilines is 2. The largest absolute Gasteiger partial charge is 0.354 e. The zero-order valence-corrected chi connectivity index (χ0v) is 12.3. The predicted octanol–water partition coefficient (Wildman–Crippen LogP) is 2.52. The molecule has 98 valence electrons. The third-order valence-electron chi connectivity index (χ3n) is 2.33. The highest BCUT2D eigenvalue weighted by molar-refractivity contribution is 14.1. The highest BCUT2D eigenvalue weighted by Gasteiger charge is 2.02. The molecular weight excluding hydrogens is 355 g/mol. The number of hydrogen-bond donors (Lipinski definition) is 2. The molecule has 0 fully saturated rings. The second-order valence-electron chi connectivity index (χ2n) is 3.80. The summed E-state index contributed by atoms with van der Waals surface area (Å²) in [6.07, 6.45) is 3.67. The zero-order chi connectivity index (χ0) is 13.5. The van der Waals surface area contributed by atoms with Crippen molar-refractivity contribution in [3.05, 3.63) is 46.3 Å². The molecule has 5 nitrogen and oxygen atoms in total. The van der Waals surface area contributed by atoms with Gasteiger partial charge in [-0.2, -0.15) is 0 Å². The number of halogens is 1. The van der Waals surface area contributed by atoms with E-state index in [1.807, 2.05) is 24.3 Å². The van der Waals surface area contributed by atoms with Gasteiger partial charge in [0.05, 0.1) is 0 Å². The first-order chi connectivity index (χ1) is 9.24. The number of carbonyl (C=O) groups excluding carboxylic acids is 1. The Morgan fingerprint density at radius 2 is 1.84 bits per heavy atom. The monoisotopic (exact) mass is 368 g/mol. The van der Waals surface area contributed by atoms with Crippen molar-refractivity contribution in [2.75, 3.05) is 17.2 Å². The van der Waals surface area contributed by atoms with Crippen molar-refractivity contribution >= 4 is 40.1 Å². The Balaban J connectivity index is 1.74. The minimum Gasteiger partial charge on any atom is -0.354 e. The minimum absolute atomic E-state index is 0.0374. The average molecular weight is 368 g/mol. The van der Waals surface area contributed by atoms with Crippen LogP contribution in [0, 0.1) is 3.57 Å². The number of nitrogens with zero attached hydrogens (tertiary/aromatic N) is 2. The van der Waals surface area contributed by atoms with Crippen LogP contribution in [0.3, 0.4) is 0 Å². The number of nitrogens with one attached hydrogen (secondary N) is 2. The lowest BCUT2D eigenvalue weighted by atomic mass is 10.3. The SMILES string of the molecule is O=C(CCNc1ncccn1)Nc1ccc(I)cc1. The van der Waals surface area contributed by atoms with E-state index in [4.69, 9.17) is 0 Å². The van der Waals surface area contributed by atoms with E-state index in [2.05, 4.69) is 43.2 Å². The molecule has 0 aliphatic carbocycles. The summed E-state index contributed by atoms with van der Waals surface area (Å²) in [5.41, 5.74) is 0.807. The Labute approximate surface area is 125 Å². The number of aromatic nitrogens is 2. The van der Waals surface area contributed by atoms with Crippen LogP contribution >= 0.6 is 22.6 Å². The van der Waals surface area contributed by atoms with Gasteiger partial charge in [-0.1, -0.05) is 0 Å². The quantitative estimate of drug-likeness (QED) is 0.796. The Hall–Kier alpha value is -1.70. The van der Waals surface area contributed by atoms with Crippen molar-refractivity contribution in [2.24, 2.45) is 0 Å². The molecule has 0 aliphatic rings. The van der Waals surface area contributed by atoms with Crippen LogP contribution in [0.2, 0.25) is 0 Å². The Morgan fingerprint density at radius 1 is 1.16 bits per heavy atom. The number of hydrogen-bond acceptors (Lipinski definition) is 4. The number of benzene rings is 1. The fourth-order valence-corrected chi connectivity index (χ4v) is 1.79. The summed E-state index contributed by atoms with van der Waals surface area (Å²) >= 11 is 2.22. The van der Waals surface area contributed by atoms with Gasteiger partial charge in [0.1, 0.15) is 0 Å². The summed E-state index contributed by atoms with van der Waals surface area (Å²) < 4.78 is 1.14. The van der Waals surface area contributed by atoms with Crippen LogP contribution < -0.4 is 10.6 Å². The van der Waals surface area contributed by atoms with Crippen molar-refractivity contribution in [3.8, 4) is 0 Å². The van der Waals surface area contributed by atoms with E-state index in [9.17, 15) is 4.79 Å². The van der Waals surface area contributed by atoms with Gasteiger partial charge in [-0.25, -0.2) is 9.97 Å². The smallest absolute Gasteiger partial charge is 0.226 e. The lowest BCUT2D eigenvalue weighted by molar-refractivity contribution is -0.115. The summed E-state index contributed by atoms with van der Waals surface area (Å²) in [6.45, 7) is 0.500.